The van der Waals surface area contributed by atoms with Gasteiger partial charge in [-0.15, -0.1) is 11.3 Å². The number of hydrogen-bond donors (Lipinski definition) is 0. The van der Waals surface area contributed by atoms with Gasteiger partial charge in [0.1, 0.15) is 0 Å². The van der Waals surface area contributed by atoms with Gasteiger partial charge in [-0.1, -0.05) is 185 Å². The molecule has 73 heavy (non-hydrogen) atoms. The molecular formula is C70H54N2S. The zero-order valence-electron chi connectivity index (χ0n) is 41.8. The van der Waals surface area contributed by atoms with E-state index in [2.05, 4.69) is 244 Å². The van der Waals surface area contributed by atoms with Crippen LogP contribution in [0.1, 0.15) is 80.3 Å². The van der Waals surface area contributed by atoms with Crippen molar-refractivity contribution < 1.29 is 0 Å². The first kappa shape index (κ1) is 42.7. The third-order valence-corrected chi connectivity index (χ3v) is 18.4. The number of rotatable bonds is 6. The third-order valence-electron chi connectivity index (χ3n) is 17.2. The quantitative estimate of drug-likeness (QED) is 0.164. The maximum absolute atomic E-state index is 2.60. The van der Waals surface area contributed by atoms with Crippen LogP contribution in [0.2, 0.25) is 0 Å². The van der Waals surface area contributed by atoms with Crippen molar-refractivity contribution in [3.63, 3.8) is 0 Å². The fourth-order valence-electron chi connectivity index (χ4n) is 13.7. The van der Waals surface area contributed by atoms with Crippen molar-refractivity contribution in [3.05, 3.63) is 245 Å². The minimum atomic E-state index is -0.116. The maximum Gasteiger partial charge on any atom is 0.0540 e. The molecule has 0 bridgehead atoms. The zero-order chi connectivity index (χ0) is 48.7. The molecule has 0 amide bonds. The van der Waals surface area contributed by atoms with Crippen molar-refractivity contribution in [2.45, 2.75) is 64.2 Å². The van der Waals surface area contributed by atoms with E-state index in [9.17, 15) is 0 Å². The lowest BCUT2D eigenvalue weighted by atomic mass is 9.78. The van der Waals surface area contributed by atoms with Crippen LogP contribution in [0.15, 0.2) is 211 Å². The minimum Gasteiger partial charge on any atom is -0.314 e. The highest BCUT2D eigenvalue weighted by Gasteiger charge is 2.39. The van der Waals surface area contributed by atoms with Gasteiger partial charge in [-0.3, -0.25) is 0 Å². The summed E-state index contributed by atoms with van der Waals surface area (Å²) < 4.78 is 2.72. The molecule has 0 saturated heterocycles. The predicted octanol–water partition coefficient (Wildman–Crippen LogP) is 19.8. The molecular weight excluding hydrogens is 901 g/mol. The van der Waals surface area contributed by atoms with Gasteiger partial charge in [-0.2, -0.15) is 0 Å². The molecule has 0 radical (unpaired) electrons. The van der Waals surface area contributed by atoms with Gasteiger partial charge in [-0.25, -0.2) is 0 Å². The van der Waals surface area contributed by atoms with Gasteiger partial charge in [0.05, 0.1) is 11.4 Å². The Morgan fingerprint density at radius 2 is 1.04 bits per heavy atom. The van der Waals surface area contributed by atoms with Gasteiger partial charge in [-0.05, 0) is 152 Å². The summed E-state index contributed by atoms with van der Waals surface area (Å²) in [7, 11) is 0. The molecule has 4 aliphatic carbocycles. The first-order valence-electron chi connectivity index (χ1n) is 26.2. The molecule has 11 aromatic rings. The minimum absolute atomic E-state index is 0.0250. The second-order valence-corrected chi connectivity index (χ2v) is 22.9. The van der Waals surface area contributed by atoms with Crippen molar-refractivity contribution in [3.8, 4) is 11.1 Å². The highest BCUT2D eigenvalue weighted by Crippen LogP contribution is 2.55. The first-order valence-corrected chi connectivity index (χ1v) is 27.0. The van der Waals surface area contributed by atoms with E-state index in [1.54, 1.807) is 5.57 Å². The van der Waals surface area contributed by atoms with Crippen LogP contribution in [0.5, 0.6) is 0 Å². The Kier molecular flexibility index (Phi) is 9.21. The van der Waals surface area contributed by atoms with Crippen LogP contribution in [0.25, 0.3) is 75.3 Å². The summed E-state index contributed by atoms with van der Waals surface area (Å²) in [4.78, 5) is 5.11. The summed E-state index contributed by atoms with van der Waals surface area (Å²) in [6.07, 6.45) is 11.4. The molecule has 3 heteroatoms. The molecule has 0 N–H and O–H groups in total. The topological polar surface area (TPSA) is 6.48 Å². The van der Waals surface area contributed by atoms with Crippen LogP contribution in [-0.2, 0) is 17.3 Å². The van der Waals surface area contributed by atoms with Crippen LogP contribution in [-0.4, -0.2) is 0 Å². The van der Waals surface area contributed by atoms with E-state index in [4.69, 9.17) is 0 Å². The Labute approximate surface area is 431 Å². The van der Waals surface area contributed by atoms with E-state index < -0.39 is 0 Å². The van der Waals surface area contributed by atoms with Crippen molar-refractivity contribution in [2.24, 2.45) is 0 Å². The highest BCUT2D eigenvalue weighted by molar-refractivity contribution is 7.26. The first-order chi connectivity index (χ1) is 35.7. The predicted molar refractivity (Wildman–Crippen MR) is 314 cm³/mol. The molecule has 0 fully saturated rings. The molecule has 10 aromatic carbocycles. The molecule has 0 atom stereocenters. The van der Waals surface area contributed by atoms with Gasteiger partial charge in [0.15, 0.2) is 0 Å². The Hall–Kier alpha value is -7.98. The van der Waals surface area contributed by atoms with E-state index >= 15 is 0 Å². The molecule has 1 aromatic heterocycles. The van der Waals surface area contributed by atoms with Gasteiger partial charge in [0.2, 0.25) is 0 Å². The summed E-state index contributed by atoms with van der Waals surface area (Å²) in [5, 5.41) is 10.3. The molecule has 350 valence electrons. The van der Waals surface area contributed by atoms with Crippen LogP contribution >= 0.6 is 11.3 Å². The summed E-state index contributed by atoms with van der Waals surface area (Å²) in [6.45, 7) is 9.64. The molecule has 0 unspecified atom stereocenters. The molecule has 0 aliphatic heterocycles. The molecule has 0 spiro atoms. The average Bonchev–Trinajstić information content (AvgIpc) is 4.01. The van der Waals surface area contributed by atoms with Crippen LogP contribution in [0.3, 0.4) is 0 Å². The van der Waals surface area contributed by atoms with E-state index in [1.165, 1.54) is 137 Å². The number of nitrogens with zero attached hydrogens (tertiary/aromatic N) is 2. The normalized spacial score (nSPS) is 15.9. The fraction of sp³-hybridized carbons (Fsp3) is 0.143. The van der Waals surface area contributed by atoms with Crippen LogP contribution in [0.4, 0.5) is 28.4 Å². The molecule has 15 rings (SSSR count). The van der Waals surface area contributed by atoms with Crippen molar-refractivity contribution in [1.29, 1.82) is 0 Å². The number of benzene rings is 10. The van der Waals surface area contributed by atoms with Crippen LogP contribution < -0.4 is 9.80 Å². The highest BCUT2D eigenvalue weighted by atomic mass is 32.1. The fourth-order valence-corrected chi connectivity index (χ4v) is 15.0. The Morgan fingerprint density at radius 1 is 0.452 bits per heavy atom. The van der Waals surface area contributed by atoms with E-state index in [1.807, 2.05) is 11.3 Å². The third kappa shape index (κ3) is 6.22. The number of anilines is 5. The van der Waals surface area contributed by atoms with Crippen molar-refractivity contribution in [2.75, 3.05) is 9.80 Å². The standard InChI is InChI=1S/C70H54N2S/c1-69(2)60-27-13-11-24-52(60)54-35-31-46(40-62(54)69)71(64-29-15-19-43-17-5-7-21-49(43)64)45-33-37-57-59(39-45)51-23-9-10-26-56(51)67-58-38-34-48(42-66(58)73-68(57)67)72(65-30-16-20-44-18-6-8-22-50(44)65)47-32-36-55-53-25-12-14-28-61(53)70(3,4)63(55)41-47/h5-12,14-26,28-32,34-36,38-42H,13,27,33,37H2,1-4H3. The molecule has 4 aliphatic rings. The molecule has 0 saturated carbocycles. The van der Waals surface area contributed by atoms with Crippen LogP contribution in [0, 0.1) is 0 Å². The number of aryl methyl sites for hydroxylation is 1. The van der Waals surface area contributed by atoms with E-state index in [-0.39, 0.29) is 10.8 Å². The summed E-state index contributed by atoms with van der Waals surface area (Å²) in [5.74, 6) is 0. The molecule has 1 heterocycles. The summed E-state index contributed by atoms with van der Waals surface area (Å²) >= 11 is 1.98. The van der Waals surface area contributed by atoms with Gasteiger partial charge >= 0.3 is 0 Å². The average molecular weight is 955 g/mol. The van der Waals surface area contributed by atoms with Gasteiger partial charge < -0.3 is 9.80 Å². The Morgan fingerprint density at radius 3 is 1.81 bits per heavy atom. The van der Waals surface area contributed by atoms with E-state index in [0.29, 0.717) is 0 Å². The monoisotopic (exact) mass is 954 g/mol. The number of fused-ring (bicyclic) bond motifs is 15. The van der Waals surface area contributed by atoms with E-state index in [0.717, 1.165) is 25.7 Å². The van der Waals surface area contributed by atoms with Crippen molar-refractivity contribution >= 4 is 104 Å². The smallest absolute Gasteiger partial charge is 0.0540 e. The van der Waals surface area contributed by atoms with Crippen molar-refractivity contribution in [1.82, 2.24) is 0 Å². The maximum atomic E-state index is 2.60. The van der Waals surface area contributed by atoms with Gasteiger partial charge in [0, 0.05) is 64.5 Å². The zero-order valence-corrected chi connectivity index (χ0v) is 42.6. The summed E-state index contributed by atoms with van der Waals surface area (Å²) in [6, 6.07) is 71.2. The number of allylic oxidation sites excluding steroid dienone is 5. The Bertz CT molecular complexity index is 4280. The largest absolute Gasteiger partial charge is 0.314 e. The second-order valence-electron chi connectivity index (χ2n) is 21.8. The Balaban J connectivity index is 0.911. The number of hydrogen-bond acceptors (Lipinski definition) is 3. The summed E-state index contributed by atoms with van der Waals surface area (Å²) in [5.41, 5.74) is 21.3. The lowest BCUT2D eigenvalue weighted by Gasteiger charge is -2.33. The lowest BCUT2D eigenvalue weighted by molar-refractivity contribution is 0.607. The SMILES string of the molecule is CC1(C)C2=C(C=CCC2)c2ccc(N(C3=Cc4c(c5sc6cc(N(c7ccc8c(c7)C(C)(C)c7ccccc7-8)c7cccc8ccccc78)ccc6c5c5ccccc45)CC3)c3cccc4ccccc34)cc21. The second kappa shape index (κ2) is 15.8. The number of thiophene rings is 1. The van der Waals surface area contributed by atoms with Gasteiger partial charge in [0.25, 0.3) is 0 Å². The molecule has 2 nitrogen and oxygen atoms in total. The lowest BCUT2D eigenvalue weighted by Crippen LogP contribution is -2.21.